The van der Waals surface area contributed by atoms with E-state index >= 15 is 0 Å². The van der Waals surface area contributed by atoms with Crippen LogP contribution in [0.4, 0.5) is 10.5 Å². The summed E-state index contributed by atoms with van der Waals surface area (Å²) >= 11 is 6.01. The van der Waals surface area contributed by atoms with Gasteiger partial charge in [0.2, 0.25) is 0 Å². The van der Waals surface area contributed by atoms with Crippen LogP contribution in [0.2, 0.25) is 5.02 Å². The van der Waals surface area contributed by atoms with Crippen molar-refractivity contribution in [2.24, 2.45) is 0 Å². The summed E-state index contributed by atoms with van der Waals surface area (Å²) < 4.78 is 10.2. The number of carbonyl (C=O) groups is 2. The number of hydrogen-bond acceptors (Lipinski definition) is 6. The van der Waals surface area contributed by atoms with Crippen molar-refractivity contribution in [2.45, 2.75) is 13.5 Å². The van der Waals surface area contributed by atoms with Crippen LogP contribution in [-0.4, -0.2) is 54.6 Å². The lowest BCUT2D eigenvalue weighted by molar-refractivity contribution is 0.0629. The fourth-order valence-corrected chi connectivity index (χ4v) is 4.07. The number of halogens is 1. The molecular weight excluding hydrogens is 446 g/mol. The highest BCUT2D eigenvalue weighted by Crippen LogP contribution is 2.23. The van der Waals surface area contributed by atoms with Crippen LogP contribution in [0.1, 0.15) is 22.8 Å². The van der Waals surface area contributed by atoms with Gasteiger partial charge in [0.05, 0.1) is 6.61 Å². The summed E-state index contributed by atoms with van der Waals surface area (Å²) in [5, 5.41) is 3.94. The first-order valence-corrected chi connectivity index (χ1v) is 11.1. The molecule has 1 saturated heterocycles. The molecule has 0 atom stereocenters. The Labute approximate surface area is 195 Å². The molecule has 33 heavy (non-hydrogen) atoms. The van der Waals surface area contributed by atoms with Crippen molar-refractivity contribution in [1.82, 2.24) is 9.80 Å². The van der Waals surface area contributed by atoms with Gasteiger partial charge in [-0.15, -0.1) is 0 Å². The molecule has 172 valence electrons. The molecule has 0 spiro atoms. The Kier molecular flexibility index (Phi) is 6.96. The summed E-state index contributed by atoms with van der Waals surface area (Å²) in [6, 6.07) is 13.6. The minimum Gasteiger partial charge on any atom is -0.450 e. The third kappa shape index (κ3) is 5.53. The van der Waals surface area contributed by atoms with Crippen LogP contribution >= 0.6 is 11.6 Å². The molecule has 1 aliphatic heterocycles. The van der Waals surface area contributed by atoms with Crippen molar-refractivity contribution >= 4 is 40.3 Å². The van der Waals surface area contributed by atoms with Crippen LogP contribution in [0.15, 0.2) is 57.7 Å². The molecule has 0 unspecified atom stereocenters. The highest BCUT2D eigenvalue weighted by Gasteiger charge is 2.23. The van der Waals surface area contributed by atoms with Crippen LogP contribution in [-0.2, 0) is 11.3 Å². The Bertz CT molecular complexity index is 1230. The molecular formula is C24H24ClN3O5. The molecule has 0 saturated carbocycles. The molecule has 2 amide bonds. The number of anilines is 1. The Morgan fingerprint density at radius 2 is 1.88 bits per heavy atom. The Morgan fingerprint density at radius 3 is 2.61 bits per heavy atom. The Balaban J connectivity index is 1.44. The highest BCUT2D eigenvalue weighted by atomic mass is 35.5. The first-order valence-electron chi connectivity index (χ1n) is 10.7. The number of carbonyl (C=O) groups excluding carboxylic acids is 2. The van der Waals surface area contributed by atoms with Crippen molar-refractivity contribution in [3.8, 4) is 0 Å². The average molecular weight is 470 g/mol. The first-order chi connectivity index (χ1) is 15.9. The van der Waals surface area contributed by atoms with Crippen LogP contribution in [0.5, 0.6) is 0 Å². The van der Waals surface area contributed by atoms with Gasteiger partial charge in [0, 0.05) is 66.5 Å². The molecule has 2 aromatic carbocycles. The van der Waals surface area contributed by atoms with Crippen molar-refractivity contribution in [3.63, 3.8) is 0 Å². The van der Waals surface area contributed by atoms with Gasteiger partial charge in [-0.1, -0.05) is 17.7 Å². The number of hydrogen-bond donors (Lipinski definition) is 1. The van der Waals surface area contributed by atoms with Gasteiger partial charge in [-0.05, 0) is 42.8 Å². The number of fused-ring (bicyclic) bond motifs is 1. The minimum atomic E-state index is -0.569. The van der Waals surface area contributed by atoms with Gasteiger partial charge >= 0.3 is 11.7 Å². The van der Waals surface area contributed by atoms with Crippen molar-refractivity contribution < 1.29 is 18.7 Å². The number of nitrogens with zero attached hydrogens (tertiary/aromatic N) is 2. The first kappa shape index (κ1) is 22.8. The smallest absolute Gasteiger partial charge is 0.411 e. The van der Waals surface area contributed by atoms with E-state index in [0.29, 0.717) is 54.6 Å². The fourth-order valence-electron chi connectivity index (χ4n) is 3.88. The molecule has 1 aliphatic rings. The molecule has 2 heterocycles. The lowest BCUT2D eigenvalue weighted by Gasteiger charge is -2.35. The van der Waals surface area contributed by atoms with Gasteiger partial charge in [-0.25, -0.2) is 9.59 Å². The van der Waals surface area contributed by atoms with E-state index in [9.17, 15) is 14.4 Å². The summed E-state index contributed by atoms with van der Waals surface area (Å²) in [6.45, 7) is 5.05. The van der Waals surface area contributed by atoms with Gasteiger partial charge in [-0.2, -0.15) is 0 Å². The van der Waals surface area contributed by atoms with E-state index in [1.54, 1.807) is 43.3 Å². The molecule has 1 fully saturated rings. The monoisotopic (exact) mass is 469 g/mol. The van der Waals surface area contributed by atoms with E-state index < -0.39 is 11.7 Å². The summed E-state index contributed by atoms with van der Waals surface area (Å²) in [6.07, 6.45) is -0.569. The standard InChI is InChI=1S/C24H24ClN3O5/c1-2-32-24(31)26-19-6-7-20-17(13-22(29)33-21(20)14-19)15-27-8-10-28(11-9-27)23(30)16-4-3-5-18(25)12-16/h3-7,12-14H,2,8-11,15H2,1H3,(H,26,31). The lowest BCUT2D eigenvalue weighted by atomic mass is 10.1. The van der Waals surface area contributed by atoms with E-state index in [-0.39, 0.29) is 12.5 Å². The van der Waals surface area contributed by atoms with Gasteiger partial charge in [0.15, 0.2) is 0 Å². The van der Waals surface area contributed by atoms with Crippen LogP contribution in [0.25, 0.3) is 11.0 Å². The summed E-state index contributed by atoms with van der Waals surface area (Å²) in [5.41, 5.74) is 1.82. The van der Waals surface area contributed by atoms with Crippen molar-refractivity contribution in [3.05, 3.63) is 75.1 Å². The van der Waals surface area contributed by atoms with Gasteiger partial charge in [0.25, 0.3) is 5.91 Å². The van der Waals surface area contributed by atoms with Crippen LogP contribution in [0.3, 0.4) is 0 Å². The lowest BCUT2D eigenvalue weighted by Crippen LogP contribution is -2.48. The van der Waals surface area contributed by atoms with Gasteiger partial charge in [-0.3, -0.25) is 15.0 Å². The number of amides is 2. The maximum absolute atomic E-state index is 12.7. The van der Waals surface area contributed by atoms with E-state index in [4.69, 9.17) is 20.8 Å². The highest BCUT2D eigenvalue weighted by molar-refractivity contribution is 6.30. The van der Waals surface area contributed by atoms with E-state index in [1.165, 1.54) is 6.07 Å². The van der Waals surface area contributed by atoms with E-state index in [0.717, 1.165) is 10.9 Å². The predicted molar refractivity (Wildman–Crippen MR) is 126 cm³/mol. The molecule has 0 radical (unpaired) electrons. The minimum absolute atomic E-state index is 0.0374. The van der Waals surface area contributed by atoms with Crippen LogP contribution < -0.4 is 10.9 Å². The molecule has 1 aromatic heterocycles. The zero-order valence-electron chi connectivity index (χ0n) is 18.2. The number of benzene rings is 2. The molecule has 4 rings (SSSR count). The maximum atomic E-state index is 12.7. The zero-order valence-corrected chi connectivity index (χ0v) is 18.9. The fraction of sp³-hybridized carbons (Fsp3) is 0.292. The van der Waals surface area contributed by atoms with Crippen molar-refractivity contribution in [2.75, 3.05) is 38.1 Å². The quantitative estimate of drug-likeness (QED) is 0.568. The Hall–Kier alpha value is -3.36. The van der Waals surface area contributed by atoms with Crippen LogP contribution in [0, 0.1) is 0 Å². The number of nitrogens with one attached hydrogen (secondary N) is 1. The molecule has 8 nitrogen and oxygen atoms in total. The third-order valence-corrected chi connectivity index (χ3v) is 5.71. The van der Waals surface area contributed by atoms with Gasteiger partial charge in [0.1, 0.15) is 5.58 Å². The van der Waals surface area contributed by atoms with E-state index in [2.05, 4.69) is 10.2 Å². The number of rotatable bonds is 5. The number of piperazine rings is 1. The van der Waals surface area contributed by atoms with Gasteiger partial charge < -0.3 is 14.1 Å². The molecule has 0 bridgehead atoms. The number of ether oxygens (including phenoxy) is 1. The zero-order chi connectivity index (χ0) is 23.4. The second kappa shape index (κ2) is 10.1. The normalized spacial score (nSPS) is 14.3. The Morgan fingerprint density at radius 1 is 1.09 bits per heavy atom. The van der Waals surface area contributed by atoms with Crippen molar-refractivity contribution in [1.29, 1.82) is 0 Å². The average Bonchev–Trinajstić information content (AvgIpc) is 2.79. The molecule has 1 N–H and O–H groups in total. The van der Waals surface area contributed by atoms with E-state index in [1.807, 2.05) is 11.0 Å². The topological polar surface area (TPSA) is 92.1 Å². The molecule has 3 aromatic rings. The third-order valence-electron chi connectivity index (χ3n) is 5.48. The summed E-state index contributed by atoms with van der Waals surface area (Å²) in [5.74, 6) is -0.0374. The largest absolute Gasteiger partial charge is 0.450 e. The predicted octanol–water partition coefficient (Wildman–Crippen LogP) is 3.97. The second-order valence-electron chi connectivity index (χ2n) is 7.73. The molecule has 9 heteroatoms. The SMILES string of the molecule is CCOC(=O)Nc1ccc2c(CN3CCN(C(=O)c4cccc(Cl)c4)CC3)cc(=O)oc2c1. The summed E-state index contributed by atoms with van der Waals surface area (Å²) in [7, 11) is 0. The maximum Gasteiger partial charge on any atom is 0.411 e. The summed E-state index contributed by atoms with van der Waals surface area (Å²) in [4.78, 5) is 40.6. The molecule has 0 aliphatic carbocycles. The second-order valence-corrected chi connectivity index (χ2v) is 8.16.